The summed E-state index contributed by atoms with van der Waals surface area (Å²) in [5.41, 5.74) is 2.99. The number of hydrogen-bond acceptors (Lipinski definition) is 5. The Morgan fingerprint density at radius 3 is 2.92 bits per heavy atom. The maximum atomic E-state index is 6.44. The summed E-state index contributed by atoms with van der Waals surface area (Å²) in [7, 11) is 3.74. The molecule has 0 saturated carbocycles. The van der Waals surface area contributed by atoms with Gasteiger partial charge < -0.3 is 9.26 Å². The van der Waals surface area contributed by atoms with Gasteiger partial charge in [-0.3, -0.25) is 9.58 Å². The Bertz CT molecular complexity index is 920. The van der Waals surface area contributed by atoms with E-state index in [-0.39, 0.29) is 6.10 Å². The molecule has 4 rings (SSSR count). The van der Waals surface area contributed by atoms with E-state index in [1.54, 1.807) is 7.11 Å². The molecule has 2 aromatic heterocycles. The molecule has 0 aliphatic carbocycles. The van der Waals surface area contributed by atoms with Gasteiger partial charge in [0, 0.05) is 57.6 Å². The van der Waals surface area contributed by atoms with Crippen LogP contribution in [0.2, 0.25) is 5.02 Å². The number of methoxy groups -OCH3 is 1. The summed E-state index contributed by atoms with van der Waals surface area (Å²) >= 11 is 6.44. The smallest absolute Gasteiger partial charge is 0.137 e. The fraction of sp³-hybridized carbons (Fsp3) is 0.474. The van der Waals surface area contributed by atoms with Crippen molar-refractivity contribution in [3.05, 3.63) is 46.4 Å². The normalized spacial score (nSPS) is 21.1. The number of fused-ring (bicyclic) bond motifs is 1. The number of hydrogen-bond donors (Lipinski definition) is 0. The molecular weight excluding hydrogens is 352 g/mol. The van der Waals surface area contributed by atoms with Gasteiger partial charge in [-0.2, -0.15) is 5.10 Å². The van der Waals surface area contributed by atoms with Gasteiger partial charge in [0.15, 0.2) is 0 Å². The topological polar surface area (TPSA) is 56.3 Å². The molecular formula is C19H23ClN4O2. The first-order valence-electron chi connectivity index (χ1n) is 8.82. The van der Waals surface area contributed by atoms with E-state index in [0.29, 0.717) is 5.92 Å². The third-order valence-electron chi connectivity index (χ3n) is 5.17. The van der Waals surface area contributed by atoms with Gasteiger partial charge in [-0.1, -0.05) is 22.8 Å². The zero-order valence-corrected chi connectivity index (χ0v) is 16.0. The first-order valence-corrected chi connectivity index (χ1v) is 9.20. The first-order chi connectivity index (χ1) is 12.5. The number of halogens is 1. The van der Waals surface area contributed by atoms with Crippen molar-refractivity contribution >= 4 is 22.5 Å². The van der Waals surface area contributed by atoms with E-state index < -0.39 is 0 Å². The predicted molar refractivity (Wildman–Crippen MR) is 100 cm³/mol. The Balaban J connectivity index is 1.52. The average molecular weight is 375 g/mol. The molecule has 6 nitrogen and oxygen atoms in total. The van der Waals surface area contributed by atoms with Gasteiger partial charge in [-0.05, 0) is 19.1 Å². The highest BCUT2D eigenvalue weighted by atomic mass is 35.5. The SMILES string of the molecule is CO[C@H]1CN(Cc2nn(C)c3cccc(Cl)c23)C[C@H]1Cc1cc(C)no1. The third-order valence-corrected chi connectivity index (χ3v) is 5.49. The van der Waals surface area contributed by atoms with Crippen LogP contribution in [0.5, 0.6) is 0 Å². The van der Waals surface area contributed by atoms with Crippen LogP contribution in [0.15, 0.2) is 28.8 Å². The quantitative estimate of drug-likeness (QED) is 0.686. The zero-order valence-electron chi connectivity index (χ0n) is 15.3. The summed E-state index contributed by atoms with van der Waals surface area (Å²) in [6.07, 6.45) is 1.00. The van der Waals surface area contributed by atoms with Gasteiger partial charge in [-0.15, -0.1) is 0 Å². The largest absolute Gasteiger partial charge is 0.380 e. The summed E-state index contributed by atoms with van der Waals surface area (Å²) in [5.74, 6) is 1.29. The minimum Gasteiger partial charge on any atom is -0.380 e. The van der Waals surface area contributed by atoms with Gasteiger partial charge in [0.2, 0.25) is 0 Å². The number of nitrogens with zero attached hydrogens (tertiary/aromatic N) is 4. The number of aryl methyl sites for hydroxylation is 2. The molecule has 138 valence electrons. The second-order valence-electron chi connectivity index (χ2n) is 7.07. The van der Waals surface area contributed by atoms with Crippen LogP contribution in [-0.4, -0.2) is 46.1 Å². The van der Waals surface area contributed by atoms with E-state index in [4.69, 9.17) is 26.0 Å². The standard InChI is InChI=1S/C19H23ClN4O2/c1-12-7-14(26-22-12)8-13-9-24(11-18(13)25-3)10-16-19-15(20)5-4-6-17(19)23(2)21-16/h4-7,13,18H,8-11H2,1-3H3/t13-,18+/m1/s1. The van der Waals surface area contributed by atoms with Gasteiger partial charge in [0.1, 0.15) is 5.76 Å². The molecule has 1 fully saturated rings. The third kappa shape index (κ3) is 3.24. The Kier molecular flexibility index (Phi) is 4.73. The highest BCUT2D eigenvalue weighted by Crippen LogP contribution is 2.30. The van der Waals surface area contributed by atoms with E-state index in [1.165, 1.54) is 0 Å². The van der Waals surface area contributed by atoms with Crippen molar-refractivity contribution < 1.29 is 9.26 Å². The minimum atomic E-state index is 0.172. The molecule has 7 heteroatoms. The second-order valence-corrected chi connectivity index (χ2v) is 7.48. The van der Waals surface area contributed by atoms with Gasteiger partial charge >= 0.3 is 0 Å². The molecule has 0 unspecified atom stereocenters. The molecule has 2 atom stereocenters. The van der Waals surface area contributed by atoms with Crippen LogP contribution < -0.4 is 0 Å². The van der Waals surface area contributed by atoms with Crippen LogP contribution in [0.25, 0.3) is 10.9 Å². The fourth-order valence-electron chi connectivity index (χ4n) is 3.97. The molecule has 26 heavy (non-hydrogen) atoms. The molecule has 1 saturated heterocycles. The van der Waals surface area contributed by atoms with E-state index >= 15 is 0 Å². The van der Waals surface area contributed by atoms with E-state index in [9.17, 15) is 0 Å². The Labute approximate surface area is 157 Å². The minimum absolute atomic E-state index is 0.172. The number of ether oxygens (including phenoxy) is 1. The monoisotopic (exact) mass is 374 g/mol. The molecule has 1 aliphatic heterocycles. The number of benzene rings is 1. The van der Waals surface area contributed by atoms with Crippen LogP contribution in [-0.2, 0) is 24.8 Å². The summed E-state index contributed by atoms with van der Waals surface area (Å²) in [5, 5.41) is 10.5. The summed E-state index contributed by atoms with van der Waals surface area (Å²) in [6.45, 7) is 4.50. The lowest BCUT2D eigenvalue weighted by Gasteiger charge is -2.14. The lowest BCUT2D eigenvalue weighted by Crippen LogP contribution is -2.23. The van der Waals surface area contributed by atoms with Gasteiger partial charge in [0.25, 0.3) is 0 Å². The molecule has 0 bridgehead atoms. The van der Waals surface area contributed by atoms with Crippen LogP contribution in [0, 0.1) is 12.8 Å². The predicted octanol–water partition coefficient (Wildman–Crippen LogP) is 3.21. The van der Waals surface area contributed by atoms with Crippen molar-refractivity contribution in [2.24, 2.45) is 13.0 Å². The first kappa shape index (κ1) is 17.5. The highest BCUT2D eigenvalue weighted by Gasteiger charge is 2.34. The van der Waals surface area contributed by atoms with Crippen molar-refractivity contribution in [2.45, 2.75) is 26.0 Å². The Morgan fingerprint density at radius 2 is 2.19 bits per heavy atom. The summed E-state index contributed by atoms with van der Waals surface area (Å²) < 4.78 is 13.0. The summed E-state index contributed by atoms with van der Waals surface area (Å²) in [4.78, 5) is 2.38. The van der Waals surface area contributed by atoms with E-state index in [2.05, 4.69) is 16.1 Å². The number of likely N-dealkylation sites (tertiary alicyclic amines) is 1. The van der Waals surface area contributed by atoms with Gasteiger partial charge in [-0.25, -0.2) is 0 Å². The highest BCUT2D eigenvalue weighted by molar-refractivity contribution is 6.35. The van der Waals surface area contributed by atoms with Crippen LogP contribution in [0.4, 0.5) is 0 Å². The lowest BCUT2D eigenvalue weighted by molar-refractivity contribution is 0.0761. The molecule has 0 N–H and O–H groups in total. The van der Waals surface area contributed by atoms with Crippen LogP contribution in [0.1, 0.15) is 17.1 Å². The maximum Gasteiger partial charge on any atom is 0.137 e. The van der Waals surface area contributed by atoms with Crippen molar-refractivity contribution in [2.75, 3.05) is 20.2 Å². The second kappa shape index (κ2) is 7.02. The van der Waals surface area contributed by atoms with E-state index in [1.807, 2.05) is 36.9 Å². The molecule has 1 aromatic carbocycles. The van der Waals surface area contributed by atoms with Crippen molar-refractivity contribution in [1.29, 1.82) is 0 Å². The molecule has 0 amide bonds. The number of rotatable bonds is 5. The van der Waals surface area contributed by atoms with Gasteiger partial charge in [0.05, 0.1) is 28.0 Å². The Morgan fingerprint density at radius 1 is 1.35 bits per heavy atom. The number of aromatic nitrogens is 3. The van der Waals surface area contributed by atoms with Crippen LogP contribution in [0.3, 0.4) is 0 Å². The zero-order chi connectivity index (χ0) is 18.3. The molecule has 0 spiro atoms. The van der Waals surface area contributed by atoms with Crippen molar-refractivity contribution in [3.8, 4) is 0 Å². The fourth-order valence-corrected chi connectivity index (χ4v) is 4.24. The van der Waals surface area contributed by atoms with Crippen LogP contribution >= 0.6 is 11.6 Å². The molecule has 0 radical (unpaired) electrons. The molecule has 3 aromatic rings. The van der Waals surface area contributed by atoms with E-state index in [0.717, 1.165) is 59.1 Å². The lowest BCUT2D eigenvalue weighted by atomic mass is 10.0. The Hall–Kier alpha value is -1.89. The molecule has 3 heterocycles. The average Bonchev–Trinajstić information content (AvgIpc) is 3.28. The van der Waals surface area contributed by atoms with Crippen molar-refractivity contribution in [3.63, 3.8) is 0 Å². The maximum absolute atomic E-state index is 6.44. The van der Waals surface area contributed by atoms with Crippen molar-refractivity contribution in [1.82, 2.24) is 19.8 Å². The summed E-state index contributed by atoms with van der Waals surface area (Å²) in [6, 6.07) is 7.94. The molecule has 1 aliphatic rings.